The van der Waals surface area contributed by atoms with Crippen LogP contribution in [-0.2, 0) is 18.3 Å². The van der Waals surface area contributed by atoms with E-state index in [1.54, 1.807) is 0 Å². The number of nitrogens with one attached hydrogen (secondary N) is 1. The van der Waals surface area contributed by atoms with Crippen LogP contribution in [0.1, 0.15) is 55.5 Å². The maximum Gasteiger partial charge on any atom is 0.220 e. The Kier molecular flexibility index (Phi) is 4.76. The first-order valence-corrected chi connectivity index (χ1v) is 8.99. The van der Waals surface area contributed by atoms with E-state index >= 15 is 0 Å². The summed E-state index contributed by atoms with van der Waals surface area (Å²) >= 11 is 0. The number of hydrogen-bond donors (Lipinski definition) is 2. The van der Waals surface area contributed by atoms with E-state index in [4.69, 9.17) is 5.73 Å². The Labute approximate surface area is 139 Å². The molecule has 2 aliphatic rings. The summed E-state index contributed by atoms with van der Waals surface area (Å²) in [6.07, 6.45) is 7.20. The molecule has 0 aromatic carbocycles. The van der Waals surface area contributed by atoms with Crippen molar-refractivity contribution < 1.29 is 4.79 Å². The van der Waals surface area contributed by atoms with Gasteiger partial charge in [0.2, 0.25) is 5.91 Å². The van der Waals surface area contributed by atoms with Crippen LogP contribution in [0, 0.1) is 25.7 Å². The number of aromatic nitrogens is 2. The van der Waals surface area contributed by atoms with Gasteiger partial charge in [-0.25, -0.2) is 0 Å². The number of nitrogens with two attached hydrogens (primary N) is 1. The molecule has 23 heavy (non-hydrogen) atoms. The zero-order chi connectivity index (χ0) is 16.6. The fourth-order valence-electron chi connectivity index (χ4n) is 4.70. The van der Waals surface area contributed by atoms with E-state index in [9.17, 15) is 4.79 Å². The first kappa shape index (κ1) is 16.5. The highest BCUT2D eigenvalue weighted by molar-refractivity contribution is 5.76. The zero-order valence-corrected chi connectivity index (χ0v) is 14.6. The summed E-state index contributed by atoms with van der Waals surface area (Å²) in [4.78, 5) is 12.5. The molecular formula is C18H30N4O. The summed E-state index contributed by atoms with van der Waals surface area (Å²) in [6, 6.07) is 0.686. The normalized spacial score (nSPS) is 30.3. The lowest BCUT2D eigenvalue weighted by atomic mass is 9.67. The van der Waals surface area contributed by atoms with Crippen LogP contribution in [0.3, 0.4) is 0 Å². The number of carbonyl (C=O) groups is 1. The van der Waals surface area contributed by atoms with E-state index in [0.717, 1.165) is 30.7 Å². The quantitative estimate of drug-likeness (QED) is 0.892. The van der Waals surface area contributed by atoms with Crippen LogP contribution in [-0.4, -0.2) is 27.8 Å². The molecule has 0 aliphatic heterocycles. The van der Waals surface area contributed by atoms with Gasteiger partial charge < -0.3 is 11.1 Å². The van der Waals surface area contributed by atoms with Gasteiger partial charge in [-0.1, -0.05) is 6.42 Å². The lowest BCUT2D eigenvalue weighted by molar-refractivity contribution is -0.123. The monoisotopic (exact) mass is 318 g/mol. The highest BCUT2D eigenvalue weighted by atomic mass is 16.1. The fraction of sp³-hybridized carbons (Fsp3) is 0.778. The van der Waals surface area contributed by atoms with Crippen molar-refractivity contribution in [2.24, 2.45) is 24.6 Å². The van der Waals surface area contributed by atoms with E-state index in [1.165, 1.54) is 24.8 Å². The van der Waals surface area contributed by atoms with Crippen molar-refractivity contribution in [3.8, 4) is 0 Å². The number of nitrogens with zero attached hydrogens (tertiary/aromatic N) is 2. The molecule has 0 spiro atoms. The summed E-state index contributed by atoms with van der Waals surface area (Å²) in [5.41, 5.74) is 9.59. The van der Waals surface area contributed by atoms with Crippen molar-refractivity contribution in [1.29, 1.82) is 0 Å². The molecule has 5 heteroatoms. The fourth-order valence-corrected chi connectivity index (χ4v) is 4.70. The molecule has 2 aliphatic carbocycles. The van der Waals surface area contributed by atoms with Gasteiger partial charge >= 0.3 is 0 Å². The van der Waals surface area contributed by atoms with Gasteiger partial charge in [0.15, 0.2) is 0 Å². The Morgan fingerprint density at radius 1 is 1.30 bits per heavy atom. The number of amides is 1. The Morgan fingerprint density at radius 3 is 2.52 bits per heavy atom. The van der Waals surface area contributed by atoms with Gasteiger partial charge in [-0.15, -0.1) is 0 Å². The molecule has 0 radical (unpaired) electrons. The summed E-state index contributed by atoms with van der Waals surface area (Å²) < 4.78 is 1.90. The molecule has 0 saturated heterocycles. The second-order valence-electron chi connectivity index (χ2n) is 7.55. The summed E-state index contributed by atoms with van der Waals surface area (Å²) in [7, 11) is 1.96. The maximum atomic E-state index is 12.5. The summed E-state index contributed by atoms with van der Waals surface area (Å²) in [5, 5.41) is 7.77. The van der Waals surface area contributed by atoms with E-state index in [1.807, 2.05) is 18.7 Å². The highest BCUT2D eigenvalue weighted by Gasteiger charge is 2.39. The third kappa shape index (κ3) is 3.44. The molecule has 3 N–H and O–H groups in total. The first-order chi connectivity index (χ1) is 11.0. The number of carbonyl (C=O) groups excluding carboxylic acids is 1. The van der Waals surface area contributed by atoms with E-state index in [2.05, 4.69) is 17.3 Å². The molecular weight excluding hydrogens is 288 g/mol. The molecule has 2 unspecified atom stereocenters. The second-order valence-corrected chi connectivity index (χ2v) is 7.55. The first-order valence-electron chi connectivity index (χ1n) is 8.99. The number of hydrogen-bond acceptors (Lipinski definition) is 3. The molecule has 1 aromatic rings. The minimum absolute atomic E-state index is 0.185. The minimum atomic E-state index is 0.185. The summed E-state index contributed by atoms with van der Waals surface area (Å²) in [6.45, 7) is 4.09. The zero-order valence-electron chi connectivity index (χ0n) is 14.6. The Morgan fingerprint density at radius 2 is 1.96 bits per heavy atom. The standard InChI is InChI=1S/C18H30N4O/c1-11-16(12(2)22(3)21-11)7-8-17(23)20-18-13-5-4-6-14(18)10-15(19)9-13/h13-15,18H,4-10,19H2,1-3H3,(H,20,23). The largest absolute Gasteiger partial charge is 0.353 e. The van der Waals surface area contributed by atoms with Crippen molar-refractivity contribution in [3.05, 3.63) is 17.0 Å². The Bertz CT molecular complexity index is 566. The van der Waals surface area contributed by atoms with Crippen LogP contribution in [0.5, 0.6) is 0 Å². The molecule has 2 atom stereocenters. The molecule has 2 saturated carbocycles. The number of aryl methyl sites for hydroxylation is 2. The van der Waals surface area contributed by atoms with Gasteiger partial charge in [-0.3, -0.25) is 9.48 Å². The van der Waals surface area contributed by atoms with Crippen molar-refractivity contribution in [2.45, 2.75) is 70.9 Å². The SMILES string of the molecule is Cc1nn(C)c(C)c1CCC(=O)NC1C2CCCC1CC(N)C2. The van der Waals surface area contributed by atoms with E-state index in [-0.39, 0.29) is 5.91 Å². The average Bonchev–Trinajstić information content (AvgIpc) is 2.71. The van der Waals surface area contributed by atoms with Crippen molar-refractivity contribution >= 4 is 5.91 Å². The topological polar surface area (TPSA) is 72.9 Å². The van der Waals surface area contributed by atoms with Crippen LogP contribution in [0.25, 0.3) is 0 Å². The van der Waals surface area contributed by atoms with Crippen LogP contribution in [0.15, 0.2) is 0 Å². The predicted octanol–water partition coefficient (Wildman–Crippen LogP) is 1.99. The molecule has 1 heterocycles. The van der Waals surface area contributed by atoms with E-state index in [0.29, 0.717) is 30.3 Å². The predicted molar refractivity (Wildman–Crippen MR) is 91.0 cm³/mol. The molecule has 1 amide bonds. The molecule has 2 bridgehead atoms. The van der Waals surface area contributed by atoms with Crippen LogP contribution in [0.2, 0.25) is 0 Å². The highest BCUT2D eigenvalue weighted by Crippen LogP contribution is 2.39. The smallest absolute Gasteiger partial charge is 0.220 e. The van der Waals surface area contributed by atoms with Crippen molar-refractivity contribution in [2.75, 3.05) is 0 Å². The van der Waals surface area contributed by atoms with Crippen molar-refractivity contribution in [1.82, 2.24) is 15.1 Å². The van der Waals surface area contributed by atoms with Gasteiger partial charge in [0.05, 0.1) is 5.69 Å². The second kappa shape index (κ2) is 6.63. The van der Waals surface area contributed by atoms with Crippen LogP contribution >= 0.6 is 0 Å². The molecule has 5 nitrogen and oxygen atoms in total. The summed E-state index contributed by atoms with van der Waals surface area (Å²) in [5.74, 6) is 1.36. The third-order valence-corrected chi connectivity index (χ3v) is 5.97. The van der Waals surface area contributed by atoms with Crippen LogP contribution in [0.4, 0.5) is 0 Å². The molecule has 1 aromatic heterocycles. The van der Waals surface area contributed by atoms with Gasteiger partial charge in [-0.05, 0) is 63.4 Å². The van der Waals surface area contributed by atoms with Gasteiger partial charge in [0, 0.05) is 31.2 Å². The average molecular weight is 318 g/mol. The Balaban J connectivity index is 1.57. The number of rotatable bonds is 4. The lowest BCUT2D eigenvalue weighted by Gasteiger charge is -2.45. The number of fused-ring (bicyclic) bond motifs is 2. The molecule has 3 rings (SSSR count). The van der Waals surface area contributed by atoms with Crippen molar-refractivity contribution in [3.63, 3.8) is 0 Å². The maximum absolute atomic E-state index is 12.5. The van der Waals surface area contributed by atoms with Crippen LogP contribution < -0.4 is 11.1 Å². The lowest BCUT2D eigenvalue weighted by Crippen LogP contribution is -2.53. The third-order valence-electron chi connectivity index (χ3n) is 5.97. The Hall–Kier alpha value is -1.36. The van der Waals surface area contributed by atoms with E-state index < -0.39 is 0 Å². The molecule has 128 valence electrons. The van der Waals surface area contributed by atoms with Gasteiger partial charge in [-0.2, -0.15) is 5.10 Å². The minimum Gasteiger partial charge on any atom is -0.353 e. The van der Waals surface area contributed by atoms with Gasteiger partial charge in [0.25, 0.3) is 0 Å². The molecule has 2 fully saturated rings. The van der Waals surface area contributed by atoms with Gasteiger partial charge in [0.1, 0.15) is 0 Å².